The van der Waals surface area contributed by atoms with Crippen molar-refractivity contribution in [2.75, 3.05) is 6.54 Å². The van der Waals surface area contributed by atoms with Crippen LogP contribution in [0.25, 0.3) is 0 Å². The predicted octanol–water partition coefficient (Wildman–Crippen LogP) is 2.77. The number of ether oxygens (including phenoxy) is 1. The number of alkyl carbamates (subject to hydrolysis) is 1. The molecule has 0 aromatic heterocycles. The lowest BCUT2D eigenvalue weighted by Crippen LogP contribution is -2.12. The van der Waals surface area contributed by atoms with E-state index >= 15 is 0 Å². The molecule has 14 heavy (non-hydrogen) atoms. The van der Waals surface area contributed by atoms with Gasteiger partial charge < -0.3 is 10.1 Å². The third-order valence-corrected chi connectivity index (χ3v) is 2.66. The molecule has 3 nitrogen and oxygen atoms in total. The minimum atomic E-state index is -0.439. The Hall–Kier alpha value is -0.930. The Labute approximate surface area is 91.0 Å². The second-order valence-corrected chi connectivity index (χ2v) is 3.72. The third kappa shape index (κ3) is 1.65. The third-order valence-electron chi connectivity index (χ3n) is 2.00. The summed E-state index contributed by atoms with van der Waals surface area (Å²) >= 11 is 11.9. The summed E-state index contributed by atoms with van der Waals surface area (Å²) in [5, 5.41) is 3.57. The zero-order chi connectivity index (χ0) is 10.1. The molecule has 2 rings (SSSR count). The molecule has 0 saturated carbocycles. The van der Waals surface area contributed by atoms with Crippen molar-refractivity contribution in [2.45, 2.75) is 6.10 Å². The molecule has 1 aliphatic rings. The molecule has 0 aliphatic carbocycles. The predicted molar refractivity (Wildman–Crippen MR) is 53.7 cm³/mol. The Bertz CT molecular complexity index is 361. The average molecular weight is 232 g/mol. The SMILES string of the molecule is O=C1NCC(c2c(Cl)cccc2Cl)O1. The molecule has 1 N–H and O–H groups in total. The fraction of sp³-hybridized carbons (Fsp3) is 0.222. The van der Waals surface area contributed by atoms with Crippen LogP contribution in [0.15, 0.2) is 18.2 Å². The van der Waals surface area contributed by atoms with Gasteiger partial charge in [-0.25, -0.2) is 4.79 Å². The molecule has 0 spiro atoms. The van der Waals surface area contributed by atoms with Crippen molar-refractivity contribution < 1.29 is 9.53 Å². The fourth-order valence-corrected chi connectivity index (χ4v) is 2.01. The molecule has 1 aliphatic heterocycles. The van der Waals surface area contributed by atoms with Gasteiger partial charge in [0.2, 0.25) is 0 Å². The van der Waals surface area contributed by atoms with Gasteiger partial charge in [0.1, 0.15) is 6.10 Å². The van der Waals surface area contributed by atoms with Crippen LogP contribution in [0.1, 0.15) is 11.7 Å². The fourth-order valence-electron chi connectivity index (χ4n) is 1.37. The van der Waals surface area contributed by atoms with Crippen molar-refractivity contribution >= 4 is 29.3 Å². The van der Waals surface area contributed by atoms with Crippen LogP contribution in [-0.2, 0) is 4.74 Å². The summed E-state index contributed by atoms with van der Waals surface area (Å²) in [5.74, 6) is 0. The summed E-state index contributed by atoms with van der Waals surface area (Å²) in [6.45, 7) is 0.405. The van der Waals surface area contributed by atoms with E-state index in [-0.39, 0.29) is 6.10 Å². The summed E-state index contributed by atoms with van der Waals surface area (Å²) in [7, 11) is 0. The summed E-state index contributed by atoms with van der Waals surface area (Å²) in [5.41, 5.74) is 0.661. The molecular weight excluding hydrogens is 225 g/mol. The number of nitrogens with one attached hydrogen (secondary N) is 1. The molecule has 5 heteroatoms. The van der Waals surface area contributed by atoms with Gasteiger partial charge in [0.05, 0.1) is 6.54 Å². The number of hydrogen-bond donors (Lipinski definition) is 1. The van der Waals surface area contributed by atoms with Crippen molar-refractivity contribution in [1.29, 1.82) is 0 Å². The Morgan fingerprint density at radius 3 is 2.50 bits per heavy atom. The first-order valence-electron chi connectivity index (χ1n) is 4.07. The molecule has 1 unspecified atom stereocenters. The largest absolute Gasteiger partial charge is 0.439 e. The van der Waals surface area contributed by atoms with E-state index in [4.69, 9.17) is 27.9 Å². The number of halogens is 2. The molecule has 1 atom stereocenters. The Kier molecular flexibility index (Phi) is 2.52. The van der Waals surface area contributed by atoms with Crippen LogP contribution in [0, 0.1) is 0 Å². The Morgan fingerprint density at radius 2 is 2.00 bits per heavy atom. The van der Waals surface area contributed by atoms with E-state index in [1.54, 1.807) is 18.2 Å². The van der Waals surface area contributed by atoms with Gasteiger partial charge in [0.25, 0.3) is 0 Å². The van der Waals surface area contributed by atoms with E-state index in [0.717, 1.165) is 0 Å². The van der Waals surface area contributed by atoms with Crippen molar-refractivity contribution in [3.63, 3.8) is 0 Å². The van der Waals surface area contributed by atoms with Crippen LogP contribution < -0.4 is 5.32 Å². The highest BCUT2D eigenvalue weighted by Crippen LogP contribution is 2.33. The maximum Gasteiger partial charge on any atom is 0.407 e. The lowest BCUT2D eigenvalue weighted by Gasteiger charge is -2.11. The lowest BCUT2D eigenvalue weighted by atomic mass is 10.1. The number of carbonyl (C=O) groups excluding carboxylic acids is 1. The molecular formula is C9H7Cl2NO2. The molecule has 1 aromatic carbocycles. The van der Waals surface area contributed by atoms with Crippen LogP contribution in [-0.4, -0.2) is 12.6 Å². The van der Waals surface area contributed by atoms with Gasteiger partial charge in [-0.2, -0.15) is 0 Å². The number of amides is 1. The van der Waals surface area contributed by atoms with E-state index in [1.165, 1.54) is 0 Å². The van der Waals surface area contributed by atoms with Crippen molar-refractivity contribution in [3.8, 4) is 0 Å². The number of carbonyl (C=O) groups is 1. The van der Waals surface area contributed by atoms with E-state index in [0.29, 0.717) is 22.2 Å². The second-order valence-electron chi connectivity index (χ2n) is 2.91. The molecule has 1 fully saturated rings. The van der Waals surface area contributed by atoms with Gasteiger partial charge in [0, 0.05) is 15.6 Å². The highest BCUT2D eigenvalue weighted by molar-refractivity contribution is 6.36. The molecule has 1 heterocycles. The van der Waals surface area contributed by atoms with Gasteiger partial charge in [-0.1, -0.05) is 29.3 Å². The maximum atomic E-state index is 10.8. The van der Waals surface area contributed by atoms with Crippen LogP contribution in [0.2, 0.25) is 10.0 Å². The zero-order valence-corrected chi connectivity index (χ0v) is 8.60. The number of hydrogen-bond acceptors (Lipinski definition) is 2. The highest BCUT2D eigenvalue weighted by Gasteiger charge is 2.27. The number of benzene rings is 1. The maximum absolute atomic E-state index is 10.8. The number of cyclic esters (lactones) is 1. The summed E-state index contributed by atoms with van der Waals surface area (Å²) in [6, 6.07) is 5.18. The van der Waals surface area contributed by atoms with Gasteiger partial charge >= 0.3 is 6.09 Å². The number of rotatable bonds is 1. The van der Waals surface area contributed by atoms with Crippen molar-refractivity contribution in [3.05, 3.63) is 33.8 Å². The summed E-state index contributed by atoms with van der Waals surface area (Å²) in [6.07, 6.45) is -0.824. The van der Waals surface area contributed by atoms with E-state index < -0.39 is 6.09 Å². The van der Waals surface area contributed by atoms with Crippen LogP contribution in [0.3, 0.4) is 0 Å². The standard InChI is InChI=1S/C9H7Cl2NO2/c10-5-2-1-3-6(11)8(5)7-4-12-9(13)14-7/h1-3,7H,4H2,(H,12,13). The van der Waals surface area contributed by atoms with Gasteiger partial charge in [-0.05, 0) is 12.1 Å². The monoisotopic (exact) mass is 231 g/mol. The van der Waals surface area contributed by atoms with Gasteiger partial charge in [0.15, 0.2) is 0 Å². The first-order valence-corrected chi connectivity index (χ1v) is 4.82. The molecule has 1 amide bonds. The molecule has 74 valence electrons. The zero-order valence-electron chi connectivity index (χ0n) is 7.09. The Morgan fingerprint density at radius 1 is 1.36 bits per heavy atom. The lowest BCUT2D eigenvalue weighted by molar-refractivity contribution is 0.141. The van der Waals surface area contributed by atoms with Crippen LogP contribution >= 0.6 is 23.2 Å². The smallest absolute Gasteiger partial charge is 0.407 e. The molecule has 0 radical (unpaired) electrons. The van der Waals surface area contributed by atoms with E-state index in [2.05, 4.69) is 5.32 Å². The van der Waals surface area contributed by atoms with Gasteiger partial charge in [-0.3, -0.25) is 0 Å². The molecule has 1 saturated heterocycles. The Balaban J connectivity index is 2.36. The second kappa shape index (κ2) is 3.67. The highest BCUT2D eigenvalue weighted by atomic mass is 35.5. The molecule has 0 bridgehead atoms. The van der Waals surface area contributed by atoms with Crippen molar-refractivity contribution in [2.24, 2.45) is 0 Å². The van der Waals surface area contributed by atoms with E-state index in [1.807, 2.05) is 0 Å². The first kappa shape index (κ1) is 9.62. The first-order chi connectivity index (χ1) is 6.68. The van der Waals surface area contributed by atoms with Crippen LogP contribution in [0.4, 0.5) is 4.79 Å². The normalized spacial score (nSPS) is 20.4. The average Bonchev–Trinajstić information content (AvgIpc) is 2.51. The minimum Gasteiger partial charge on any atom is -0.439 e. The van der Waals surface area contributed by atoms with E-state index in [9.17, 15) is 4.79 Å². The van der Waals surface area contributed by atoms with Gasteiger partial charge in [-0.15, -0.1) is 0 Å². The quantitative estimate of drug-likeness (QED) is 0.808. The minimum absolute atomic E-state index is 0.385. The summed E-state index contributed by atoms with van der Waals surface area (Å²) < 4.78 is 4.99. The summed E-state index contributed by atoms with van der Waals surface area (Å²) in [4.78, 5) is 10.8. The molecule has 1 aromatic rings. The van der Waals surface area contributed by atoms with Crippen LogP contribution in [0.5, 0.6) is 0 Å². The van der Waals surface area contributed by atoms with Crippen molar-refractivity contribution in [1.82, 2.24) is 5.32 Å². The topological polar surface area (TPSA) is 38.3 Å².